The summed E-state index contributed by atoms with van der Waals surface area (Å²) in [6, 6.07) is 5.77. The van der Waals surface area contributed by atoms with E-state index in [0.29, 0.717) is 11.8 Å². The quantitative estimate of drug-likeness (QED) is 0.825. The average molecular weight is 322 g/mol. The lowest BCUT2D eigenvalue weighted by molar-refractivity contribution is 0.140. The van der Waals surface area contributed by atoms with Gasteiger partial charge >= 0.3 is 0 Å². The monoisotopic (exact) mass is 321 g/mol. The lowest BCUT2D eigenvalue weighted by Gasteiger charge is -2.30. The third kappa shape index (κ3) is 2.90. The summed E-state index contributed by atoms with van der Waals surface area (Å²) in [5.74, 6) is 0.808. The molecule has 1 saturated heterocycles. The Morgan fingerprint density at radius 2 is 2.18 bits per heavy atom. The number of nitrogens with two attached hydrogens (primary N) is 1. The van der Waals surface area contributed by atoms with E-state index >= 15 is 0 Å². The number of benzene rings is 1. The maximum Gasteiger partial charge on any atom is 0.129 e. The highest BCUT2D eigenvalue weighted by molar-refractivity contribution is 6.30. The molecule has 1 aliphatic rings. The van der Waals surface area contributed by atoms with Crippen LogP contribution in [0.15, 0.2) is 24.4 Å². The molecular formula is C16H20ClN3O2. The highest BCUT2D eigenvalue weighted by atomic mass is 35.5. The predicted molar refractivity (Wildman–Crippen MR) is 87.5 cm³/mol. The van der Waals surface area contributed by atoms with Gasteiger partial charge in [0, 0.05) is 31.8 Å². The van der Waals surface area contributed by atoms with Crippen molar-refractivity contribution in [1.82, 2.24) is 10.3 Å². The topological polar surface area (TPSA) is 69.4 Å². The van der Waals surface area contributed by atoms with Gasteiger partial charge in [-0.2, -0.15) is 0 Å². The lowest BCUT2D eigenvalue weighted by atomic mass is 9.89. The number of rotatable bonds is 5. The molecule has 0 aliphatic carbocycles. The van der Waals surface area contributed by atoms with Crippen molar-refractivity contribution >= 4 is 22.4 Å². The summed E-state index contributed by atoms with van der Waals surface area (Å²) in [5, 5.41) is 5.50. The van der Waals surface area contributed by atoms with E-state index in [-0.39, 0.29) is 6.10 Å². The fourth-order valence-electron chi connectivity index (χ4n) is 2.69. The smallest absolute Gasteiger partial charge is 0.129 e. The molecule has 1 unspecified atom stereocenters. The molecule has 0 radical (unpaired) electrons. The third-order valence-corrected chi connectivity index (χ3v) is 4.13. The molecule has 3 N–H and O–H groups in total. The molecule has 1 atom stereocenters. The van der Waals surface area contributed by atoms with Gasteiger partial charge in [0.15, 0.2) is 0 Å². The predicted octanol–water partition coefficient (Wildman–Crippen LogP) is 2.06. The maximum atomic E-state index is 6.41. The van der Waals surface area contributed by atoms with E-state index < -0.39 is 5.54 Å². The number of hydrogen-bond acceptors (Lipinski definition) is 5. The van der Waals surface area contributed by atoms with E-state index in [2.05, 4.69) is 10.3 Å². The Bertz CT molecular complexity index is 686. The van der Waals surface area contributed by atoms with Crippen molar-refractivity contribution < 1.29 is 9.47 Å². The zero-order valence-corrected chi connectivity index (χ0v) is 13.5. The highest BCUT2D eigenvalue weighted by Crippen LogP contribution is 2.34. The number of halogens is 1. The van der Waals surface area contributed by atoms with Crippen molar-refractivity contribution in [2.45, 2.75) is 18.6 Å². The molecule has 22 heavy (non-hydrogen) atoms. The molecule has 1 aromatic heterocycles. The first kappa shape index (κ1) is 15.5. The standard InChI is InChI=1S/C16H20ClN3O2/c1-16(18,9-21-2)13-3-4-14(22-10-6-19-7-10)12-8-20-15(17)5-11(12)13/h3-5,8,10,19H,6-7,9,18H2,1-2H3. The molecule has 6 heteroatoms. The third-order valence-electron chi connectivity index (χ3n) is 3.92. The molecule has 2 heterocycles. The molecule has 5 nitrogen and oxygen atoms in total. The van der Waals surface area contributed by atoms with Crippen LogP contribution in [0.25, 0.3) is 10.8 Å². The fraction of sp³-hybridized carbons (Fsp3) is 0.438. The summed E-state index contributed by atoms with van der Waals surface area (Å²) in [6.07, 6.45) is 1.94. The zero-order chi connectivity index (χ0) is 15.7. The molecule has 3 rings (SSSR count). The van der Waals surface area contributed by atoms with Crippen LogP contribution in [0.1, 0.15) is 12.5 Å². The summed E-state index contributed by atoms with van der Waals surface area (Å²) in [5.41, 5.74) is 6.76. The zero-order valence-electron chi connectivity index (χ0n) is 12.7. The van der Waals surface area contributed by atoms with Crippen molar-refractivity contribution in [2.24, 2.45) is 5.73 Å². The summed E-state index contributed by atoms with van der Waals surface area (Å²) in [4.78, 5) is 4.19. The van der Waals surface area contributed by atoms with Gasteiger partial charge in [-0.3, -0.25) is 0 Å². The van der Waals surface area contributed by atoms with Gasteiger partial charge in [0.05, 0.1) is 12.1 Å². The van der Waals surface area contributed by atoms with Crippen LogP contribution in [0.3, 0.4) is 0 Å². The minimum absolute atomic E-state index is 0.202. The van der Waals surface area contributed by atoms with Crippen LogP contribution in [-0.2, 0) is 10.3 Å². The number of pyridine rings is 1. The van der Waals surface area contributed by atoms with Crippen LogP contribution in [-0.4, -0.2) is 37.9 Å². The van der Waals surface area contributed by atoms with Gasteiger partial charge in [-0.1, -0.05) is 17.7 Å². The van der Waals surface area contributed by atoms with Gasteiger partial charge in [0.2, 0.25) is 0 Å². The van der Waals surface area contributed by atoms with Crippen molar-refractivity contribution in [3.8, 4) is 5.75 Å². The van der Waals surface area contributed by atoms with E-state index in [1.807, 2.05) is 25.1 Å². The Balaban J connectivity index is 2.10. The Morgan fingerprint density at radius 3 is 2.82 bits per heavy atom. The van der Waals surface area contributed by atoms with E-state index in [1.54, 1.807) is 13.3 Å². The highest BCUT2D eigenvalue weighted by Gasteiger charge is 2.26. The lowest BCUT2D eigenvalue weighted by Crippen LogP contribution is -2.50. The van der Waals surface area contributed by atoms with Crippen molar-refractivity contribution in [3.63, 3.8) is 0 Å². The minimum Gasteiger partial charge on any atom is -0.487 e. The molecule has 1 aliphatic heterocycles. The van der Waals surface area contributed by atoms with E-state index in [9.17, 15) is 0 Å². The molecule has 0 spiro atoms. The number of hydrogen-bond donors (Lipinski definition) is 2. The summed E-state index contributed by atoms with van der Waals surface area (Å²) in [7, 11) is 1.64. The van der Waals surface area contributed by atoms with E-state index in [1.165, 1.54) is 0 Å². The Morgan fingerprint density at radius 1 is 1.41 bits per heavy atom. The first-order chi connectivity index (χ1) is 10.5. The number of aromatic nitrogens is 1. The van der Waals surface area contributed by atoms with E-state index in [0.717, 1.165) is 35.2 Å². The van der Waals surface area contributed by atoms with Crippen molar-refractivity contribution in [1.29, 1.82) is 0 Å². The van der Waals surface area contributed by atoms with Crippen LogP contribution in [0.2, 0.25) is 5.15 Å². The van der Waals surface area contributed by atoms with Gasteiger partial charge in [0.1, 0.15) is 17.0 Å². The van der Waals surface area contributed by atoms with Gasteiger partial charge < -0.3 is 20.5 Å². The molecule has 2 aromatic rings. The normalized spacial score (nSPS) is 18.0. The number of fused-ring (bicyclic) bond motifs is 1. The second kappa shape index (κ2) is 6.01. The summed E-state index contributed by atoms with van der Waals surface area (Å²) >= 11 is 6.08. The second-order valence-corrected chi connectivity index (χ2v) is 6.30. The van der Waals surface area contributed by atoms with Crippen molar-refractivity contribution in [2.75, 3.05) is 26.8 Å². The largest absolute Gasteiger partial charge is 0.487 e. The SMILES string of the molecule is COCC(C)(N)c1ccc(OC2CNC2)c2cnc(Cl)cc12. The average Bonchev–Trinajstić information content (AvgIpc) is 2.42. The Labute approximate surface area is 134 Å². The molecule has 0 bridgehead atoms. The van der Waals surface area contributed by atoms with Gasteiger partial charge in [0.25, 0.3) is 0 Å². The maximum absolute atomic E-state index is 6.41. The number of ether oxygens (including phenoxy) is 2. The fourth-order valence-corrected chi connectivity index (χ4v) is 2.85. The summed E-state index contributed by atoms with van der Waals surface area (Å²) < 4.78 is 11.3. The first-order valence-corrected chi connectivity index (χ1v) is 7.63. The van der Waals surface area contributed by atoms with Crippen LogP contribution >= 0.6 is 11.6 Å². The number of nitrogens with zero attached hydrogens (tertiary/aromatic N) is 1. The van der Waals surface area contributed by atoms with Gasteiger partial charge in [-0.15, -0.1) is 0 Å². The molecule has 0 amide bonds. The molecule has 118 valence electrons. The molecule has 1 fully saturated rings. The molecular weight excluding hydrogens is 302 g/mol. The molecule has 0 saturated carbocycles. The van der Waals surface area contributed by atoms with Crippen LogP contribution in [0.5, 0.6) is 5.75 Å². The summed E-state index contributed by atoms with van der Waals surface area (Å²) in [6.45, 7) is 4.08. The number of methoxy groups -OCH3 is 1. The van der Waals surface area contributed by atoms with Gasteiger partial charge in [-0.25, -0.2) is 4.98 Å². The van der Waals surface area contributed by atoms with Crippen LogP contribution < -0.4 is 15.8 Å². The van der Waals surface area contributed by atoms with E-state index in [4.69, 9.17) is 26.8 Å². The Hall–Kier alpha value is -1.40. The molecule has 1 aromatic carbocycles. The first-order valence-electron chi connectivity index (χ1n) is 7.25. The Kier molecular flexibility index (Phi) is 4.23. The van der Waals surface area contributed by atoms with Crippen LogP contribution in [0.4, 0.5) is 0 Å². The number of nitrogens with one attached hydrogen (secondary N) is 1. The van der Waals surface area contributed by atoms with Gasteiger partial charge in [-0.05, 0) is 30.0 Å². The second-order valence-electron chi connectivity index (χ2n) is 5.91. The van der Waals surface area contributed by atoms with Crippen molar-refractivity contribution in [3.05, 3.63) is 35.1 Å². The minimum atomic E-state index is -0.617. The van der Waals surface area contributed by atoms with Crippen LogP contribution in [0, 0.1) is 0 Å².